The highest BCUT2D eigenvalue weighted by Gasteiger charge is 2.13. The Morgan fingerprint density at radius 3 is 1.92 bits per heavy atom. The van der Waals surface area contributed by atoms with Crippen LogP contribution < -0.4 is 0 Å². The van der Waals surface area contributed by atoms with E-state index in [1.807, 2.05) is 0 Å². The second kappa shape index (κ2) is 4.02. The Morgan fingerprint density at radius 2 is 1.62 bits per heavy atom. The summed E-state index contributed by atoms with van der Waals surface area (Å²) in [5, 5.41) is 0. The molecule has 0 saturated heterocycles. The van der Waals surface area contributed by atoms with Crippen molar-refractivity contribution in [3.05, 3.63) is 35.4 Å². The lowest BCUT2D eigenvalue weighted by Crippen LogP contribution is -2.10. The average molecular weight is 262 g/mol. The van der Waals surface area contributed by atoms with Gasteiger partial charge in [-0.05, 0) is 16.5 Å². The molecule has 0 N–H and O–H groups in total. The van der Waals surface area contributed by atoms with Crippen LogP contribution in [-0.2, 0) is 5.41 Å². The third kappa shape index (κ3) is 2.99. The molecule has 1 unspecified atom stereocenters. The van der Waals surface area contributed by atoms with Crippen molar-refractivity contribution in [2.24, 2.45) is 0 Å². The lowest BCUT2D eigenvalue weighted by molar-refractivity contribution is 0.590. The van der Waals surface area contributed by atoms with E-state index in [1.165, 1.54) is 5.56 Å². The van der Waals surface area contributed by atoms with Gasteiger partial charge in [-0.1, -0.05) is 61.0 Å². The Bertz CT molecular complexity index is 269. The second-order valence-electron chi connectivity index (χ2n) is 4.17. The SMILES string of the molecule is CC(C)(C)c1ccc(C(Cl)Br)cc1. The molecule has 1 rings (SSSR count). The first-order valence-electron chi connectivity index (χ1n) is 4.30. The van der Waals surface area contributed by atoms with Crippen LogP contribution in [0.15, 0.2) is 24.3 Å². The number of hydrogen-bond acceptors (Lipinski definition) is 0. The predicted molar refractivity (Wildman–Crippen MR) is 62.7 cm³/mol. The lowest BCUT2D eigenvalue weighted by atomic mass is 9.87. The van der Waals surface area contributed by atoms with Crippen molar-refractivity contribution in [3.63, 3.8) is 0 Å². The summed E-state index contributed by atoms with van der Waals surface area (Å²) < 4.78 is -0.0819. The van der Waals surface area contributed by atoms with E-state index < -0.39 is 0 Å². The quantitative estimate of drug-likeness (QED) is 0.647. The first-order valence-corrected chi connectivity index (χ1v) is 5.65. The van der Waals surface area contributed by atoms with E-state index in [0.717, 1.165) is 5.56 Å². The van der Waals surface area contributed by atoms with E-state index >= 15 is 0 Å². The summed E-state index contributed by atoms with van der Waals surface area (Å²) in [6, 6.07) is 8.39. The Morgan fingerprint density at radius 1 is 1.15 bits per heavy atom. The Labute approximate surface area is 93.4 Å². The van der Waals surface area contributed by atoms with Crippen LogP contribution in [0.5, 0.6) is 0 Å². The topological polar surface area (TPSA) is 0 Å². The largest absolute Gasteiger partial charge is 0.113 e. The maximum Gasteiger partial charge on any atom is 0.113 e. The van der Waals surface area contributed by atoms with Crippen LogP contribution in [0.25, 0.3) is 0 Å². The zero-order valence-corrected chi connectivity index (χ0v) is 10.5. The van der Waals surface area contributed by atoms with E-state index in [-0.39, 0.29) is 9.70 Å². The smallest absolute Gasteiger partial charge is 0.105 e. The van der Waals surface area contributed by atoms with Gasteiger partial charge in [-0.3, -0.25) is 0 Å². The maximum atomic E-state index is 5.89. The summed E-state index contributed by atoms with van der Waals surface area (Å²) in [5.41, 5.74) is 2.66. The molecule has 0 radical (unpaired) electrons. The van der Waals surface area contributed by atoms with Crippen LogP contribution in [0.4, 0.5) is 0 Å². The summed E-state index contributed by atoms with van der Waals surface area (Å²) in [6.45, 7) is 6.61. The van der Waals surface area contributed by atoms with Crippen molar-refractivity contribution in [1.82, 2.24) is 0 Å². The van der Waals surface area contributed by atoms with Gasteiger partial charge in [0, 0.05) is 0 Å². The molecule has 0 aliphatic carbocycles. The van der Waals surface area contributed by atoms with Crippen molar-refractivity contribution in [1.29, 1.82) is 0 Å². The molecule has 0 fully saturated rings. The van der Waals surface area contributed by atoms with Gasteiger partial charge in [0.25, 0.3) is 0 Å². The zero-order valence-electron chi connectivity index (χ0n) is 8.14. The van der Waals surface area contributed by atoms with Gasteiger partial charge in [0.1, 0.15) is 4.29 Å². The molecule has 72 valence electrons. The molecule has 0 saturated carbocycles. The van der Waals surface area contributed by atoms with Gasteiger partial charge in [0.15, 0.2) is 0 Å². The van der Waals surface area contributed by atoms with Gasteiger partial charge in [0.2, 0.25) is 0 Å². The Balaban J connectivity index is 2.94. The van der Waals surface area contributed by atoms with E-state index in [0.29, 0.717) is 0 Å². The monoisotopic (exact) mass is 260 g/mol. The van der Waals surface area contributed by atoms with Crippen LogP contribution >= 0.6 is 27.5 Å². The van der Waals surface area contributed by atoms with Crippen molar-refractivity contribution < 1.29 is 0 Å². The molecule has 0 spiro atoms. The number of hydrogen-bond donors (Lipinski definition) is 0. The summed E-state index contributed by atoms with van der Waals surface area (Å²) in [7, 11) is 0. The third-order valence-corrected chi connectivity index (χ3v) is 2.81. The highest BCUT2D eigenvalue weighted by Crippen LogP contribution is 2.29. The van der Waals surface area contributed by atoms with Gasteiger partial charge < -0.3 is 0 Å². The molecule has 1 atom stereocenters. The molecule has 0 amide bonds. The standard InChI is InChI=1S/C11H14BrCl/c1-11(2,3)9-6-4-8(5-7-9)10(12)13/h4-7,10H,1-3H3. The minimum atomic E-state index is -0.0819. The molecular formula is C11H14BrCl. The van der Waals surface area contributed by atoms with Crippen LogP contribution in [0.2, 0.25) is 0 Å². The van der Waals surface area contributed by atoms with Gasteiger partial charge in [-0.15, -0.1) is 11.6 Å². The van der Waals surface area contributed by atoms with Crippen molar-refractivity contribution in [3.8, 4) is 0 Å². The molecule has 0 nitrogen and oxygen atoms in total. The fraction of sp³-hybridized carbons (Fsp3) is 0.455. The van der Waals surface area contributed by atoms with Crippen LogP contribution in [0.1, 0.15) is 36.2 Å². The van der Waals surface area contributed by atoms with Crippen molar-refractivity contribution in [2.75, 3.05) is 0 Å². The summed E-state index contributed by atoms with van der Waals surface area (Å²) in [6.07, 6.45) is 0. The van der Waals surface area contributed by atoms with E-state index in [4.69, 9.17) is 11.6 Å². The summed E-state index contributed by atoms with van der Waals surface area (Å²) in [5.74, 6) is 0. The lowest BCUT2D eigenvalue weighted by Gasteiger charge is -2.19. The van der Waals surface area contributed by atoms with Crippen molar-refractivity contribution in [2.45, 2.75) is 30.5 Å². The molecule has 0 heterocycles. The predicted octanol–water partition coefficient (Wildman–Crippen LogP) is 4.62. The minimum absolute atomic E-state index is 0.0819. The molecular weight excluding hydrogens is 247 g/mol. The normalized spacial score (nSPS) is 14.2. The van der Waals surface area contributed by atoms with E-state index in [1.54, 1.807) is 0 Å². The fourth-order valence-electron chi connectivity index (χ4n) is 1.13. The average Bonchev–Trinajstić information content (AvgIpc) is 2.03. The number of benzene rings is 1. The fourth-order valence-corrected chi connectivity index (χ4v) is 1.58. The van der Waals surface area contributed by atoms with E-state index in [9.17, 15) is 0 Å². The van der Waals surface area contributed by atoms with Gasteiger partial charge in [0.05, 0.1) is 0 Å². The number of rotatable bonds is 1. The Kier molecular flexibility index (Phi) is 3.42. The molecule has 13 heavy (non-hydrogen) atoms. The summed E-state index contributed by atoms with van der Waals surface area (Å²) in [4.78, 5) is 0. The minimum Gasteiger partial charge on any atom is -0.105 e. The van der Waals surface area contributed by atoms with Crippen molar-refractivity contribution >= 4 is 27.5 Å². The van der Waals surface area contributed by atoms with Crippen LogP contribution in [-0.4, -0.2) is 0 Å². The second-order valence-corrected chi connectivity index (χ2v) is 6.05. The first-order chi connectivity index (χ1) is 5.91. The highest BCUT2D eigenvalue weighted by atomic mass is 79.9. The van der Waals surface area contributed by atoms with Crippen LogP contribution in [0, 0.1) is 0 Å². The highest BCUT2D eigenvalue weighted by molar-refractivity contribution is 9.09. The number of halogens is 2. The number of alkyl halides is 2. The van der Waals surface area contributed by atoms with Gasteiger partial charge in [-0.2, -0.15) is 0 Å². The molecule has 0 aromatic heterocycles. The third-order valence-electron chi connectivity index (χ3n) is 2.03. The molecule has 0 aliphatic rings. The Hall–Kier alpha value is -0.0100. The summed E-state index contributed by atoms with van der Waals surface area (Å²) >= 11 is 9.21. The maximum absolute atomic E-state index is 5.89. The van der Waals surface area contributed by atoms with Gasteiger partial charge >= 0.3 is 0 Å². The zero-order chi connectivity index (χ0) is 10.1. The van der Waals surface area contributed by atoms with Crippen LogP contribution in [0.3, 0.4) is 0 Å². The molecule has 1 aromatic rings. The molecule has 1 aromatic carbocycles. The van der Waals surface area contributed by atoms with Gasteiger partial charge in [-0.25, -0.2) is 0 Å². The molecule has 2 heteroatoms. The molecule has 0 bridgehead atoms. The van der Waals surface area contributed by atoms with E-state index in [2.05, 4.69) is 61.0 Å². The molecule has 0 aliphatic heterocycles. The first kappa shape index (κ1) is 11.1.